The van der Waals surface area contributed by atoms with Crippen LogP contribution in [-0.4, -0.2) is 28.4 Å². The number of fused-ring (bicyclic) bond motifs is 1. The lowest BCUT2D eigenvalue weighted by atomic mass is 10.1. The van der Waals surface area contributed by atoms with Gasteiger partial charge in [0.25, 0.3) is 5.91 Å². The molecule has 1 N–H and O–H groups in total. The first-order valence-corrected chi connectivity index (χ1v) is 9.12. The highest BCUT2D eigenvalue weighted by atomic mass is 32.1. The number of thiazole rings is 1. The lowest BCUT2D eigenvalue weighted by Gasteiger charge is -2.28. The van der Waals surface area contributed by atoms with E-state index in [2.05, 4.69) is 27.3 Å². The molecule has 6 heteroatoms. The molecule has 0 atom stereocenters. The van der Waals surface area contributed by atoms with Crippen molar-refractivity contribution >= 4 is 33.6 Å². The molecular formula is C18H20N4OS. The number of hydrogen-bond donors (Lipinski definition) is 1. The van der Waals surface area contributed by atoms with Gasteiger partial charge >= 0.3 is 0 Å². The third kappa shape index (κ3) is 3.01. The number of nitrogens with zero attached hydrogens (tertiary/aromatic N) is 3. The Bertz CT molecular complexity index is 827. The summed E-state index contributed by atoms with van der Waals surface area (Å²) in [7, 11) is 0. The lowest BCUT2D eigenvalue weighted by molar-refractivity contribution is 0.102. The summed E-state index contributed by atoms with van der Waals surface area (Å²) in [6, 6.07) is 8.08. The summed E-state index contributed by atoms with van der Waals surface area (Å²) < 4.78 is 1.90. The van der Waals surface area contributed by atoms with Crippen LogP contribution in [0, 0.1) is 6.92 Å². The van der Waals surface area contributed by atoms with Gasteiger partial charge in [0.05, 0.1) is 0 Å². The predicted octanol–water partition coefficient (Wildman–Crippen LogP) is 3.95. The summed E-state index contributed by atoms with van der Waals surface area (Å²) in [6.07, 6.45) is 7.60. The second-order valence-corrected chi connectivity index (χ2v) is 7.42. The molecule has 1 aliphatic rings. The molecule has 1 aliphatic heterocycles. The Morgan fingerprint density at radius 3 is 2.58 bits per heavy atom. The molecule has 0 aliphatic carbocycles. The van der Waals surface area contributed by atoms with E-state index in [1.807, 2.05) is 29.7 Å². The maximum atomic E-state index is 12.4. The monoisotopic (exact) mass is 340 g/mol. The fraction of sp³-hybridized carbons (Fsp3) is 0.333. The molecule has 3 aromatic rings. The van der Waals surface area contributed by atoms with Crippen molar-refractivity contribution in [3.63, 3.8) is 0 Å². The quantitative estimate of drug-likeness (QED) is 0.785. The smallest absolute Gasteiger partial charge is 0.275 e. The molecule has 3 heterocycles. The molecule has 1 amide bonds. The second-order valence-electron chi connectivity index (χ2n) is 6.21. The van der Waals surface area contributed by atoms with Gasteiger partial charge in [0.2, 0.25) is 0 Å². The van der Waals surface area contributed by atoms with Gasteiger partial charge in [0, 0.05) is 41.7 Å². The van der Waals surface area contributed by atoms with Crippen LogP contribution in [0.3, 0.4) is 0 Å². The Kier molecular flexibility index (Phi) is 3.98. The fourth-order valence-electron chi connectivity index (χ4n) is 3.12. The van der Waals surface area contributed by atoms with Crippen molar-refractivity contribution in [1.82, 2.24) is 9.38 Å². The highest BCUT2D eigenvalue weighted by Gasteiger charge is 2.14. The molecule has 24 heavy (non-hydrogen) atoms. The number of anilines is 2. The zero-order valence-corrected chi connectivity index (χ0v) is 14.5. The number of amides is 1. The highest BCUT2D eigenvalue weighted by Crippen LogP contribution is 2.22. The van der Waals surface area contributed by atoms with Crippen LogP contribution in [-0.2, 0) is 0 Å². The number of carbonyl (C=O) groups excluding carboxylic acids is 1. The number of aryl methyl sites for hydroxylation is 1. The van der Waals surface area contributed by atoms with Crippen LogP contribution < -0.4 is 10.2 Å². The fourth-order valence-corrected chi connectivity index (χ4v) is 3.93. The van der Waals surface area contributed by atoms with Crippen molar-refractivity contribution in [2.24, 2.45) is 0 Å². The molecule has 0 spiro atoms. The van der Waals surface area contributed by atoms with Gasteiger partial charge in [0.15, 0.2) is 4.96 Å². The Labute approximate surface area is 144 Å². The Balaban J connectivity index is 1.45. The van der Waals surface area contributed by atoms with E-state index in [4.69, 9.17) is 0 Å². The van der Waals surface area contributed by atoms with Crippen molar-refractivity contribution in [3.8, 4) is 0 Å². The van der Waals surface area contributed by atoms with Crippen LogP contribution in [0.25, 0.3) is 4.96 Å². The van der Waals surface area contributed by atoms with E-state index < -0.39 is 0 Å². The van der Waals surface area contributed by atoms with Gasteiger partial charge < -0.3 is 10.2 Å². The third-order valence-electron chi connectivity index (χ3n) is 4.35. The first kappa shape index (κ1) is 15.2. The minimum Gasteiger partial charge on any atom is -0.372 e. The van der Waals surface area contributed by atoms with Crippen molar-refractivity contribution in [2.45, 2.75) is 26.2 Å². The number of carbonyl (C=O) groups is 1. The second kappa shape index (κ2) is 6.28. The molecule has 124 valence electrons. The molecule has 1 fully saturated rings. The van der Waals surface area contributed by atoms with Gasteiger partial charge in [-0.05, 0) is 50.5 Å². The normalized spacial score (nSPS) is 15.0. The Hall–Kier alpha value is -2.34. The molecular weight excluding hydrogens is 320 g/mol. The van der Waals surface area contributed by atoms with Crippen molar-refractivity contribution in [1.29, 1.82) is 0 Å². The Morgan fingerprint density at radius 2 is 1.88 bits per heavy atom. The first-order valence-electron chi connectivity index (χ1n) is 8.30. The number of rotatable bonds is 3. The molecule has 4 rings (SSSR count). The summed E-state index contributed by atoms with van der Waals surface area (Å²) in [5.74, 6) is -0.172. The summed E-state index contributed by atoms with van der Waals surface area (Å²) in [5.41, 5.74) is 2.47. The zero-order chi connectivity index (χ0) is 16.5. The maximum Gasteiger partial charge on any atom is 0.275 e. The average molecular weight is 340 g/mol. The van der Waals surface area contributed by atoms with E-state index >= 15 is 0 Å². The molecule has 1 aromatic carbocycles. The van der Waals surface area contributed by atoms with Gasteiger partial charge in [-0.3, -0.25) is 9.20 Å². The van der Waals surface area contributed by atoms with Crippen molar-refractivity contribution in [2.75, 3.05) is 23.3 Å². The predicted molar refractivity (Wildman–Crippen MR) is 98.3 cm³/mol. The number of nitrogens with one attached hydrogen (secondary N) is 1. The van der Waals surface area contributed by atoms with Gasteiger partial charge in [0.1, 0.15) is 5.69 Å². The zero-order valence-electron chi connectivity index (χ0n) is 13.7. The van der Waals surface area contributed by atoms with Crippen molar-refractivity contribution in [3.05, 3.63) is 47.2 Å². The highest BCUT2D eigenvalue weighted by molar-refractivity contribution is 7.17. The molecule has 0 saturated carbocycles. The third-order valence-corrected chi connectivity index (χ3v) is 5.26. The van der Waals surface area contributed by atoms with Crippen LogP contribution >= 0.6 is 11.3 Å². The Morgan fingerprint density at radius 1 is 1.12 bits per heavy atom. The van der Waals surface area contributed by atoms with Crippen LogP contribution in [0.1, 0.15) is 34.6 Å². The minimum atomic E-state index is -0.172. The molecule has 5 nitrogen and oxygen atoms in total. The van der Waals surface area contributed by atoms with E-state index in [1.54, 1.807) is 17.5 Å². The molecule has 0 bridgehead atoms. The maximum absolute atomic E-state index is 12.4. The van der Waals surface area contributed by atoms with Gasteiger partial charge in [-0.15, -0.1) is 11.3 Å². The van der Waals surface area contributed by atoms with E-state index in [0.717, 1.165) is 23.7 Å². The molecule has 1 saturated heterocycles. The summed E-state index contributed by atoms with van der Waals surface area (Å²) in [5, 5.41) is 2.93. The van der Waals surface area contributed by atoms with E-state index in [9.17, 15) is 4.79 Å². The summed E-state index contributed by atoms with van der Waals surface area (Å²) >= 11 is 1.58. The molecule has 0 radical (unpaired) electrons. The van der Waals surface area contributed by atoms with Gasteiger partial charge in [-0.2, -0.15) is 0 Å². The SMILES string of the molecule is Cc1cn2cc(C(=O)Nc3ccc(N4CCCCC4)cc3)nc2s1. The first-order chi connectivity index (χ1) is 11.7. The average Bonchev–Trinajstić information content (AvgIpc) is 3.14. The number of aromatic nitrogens is 2. The molecule has 0 unspecified atom stereocenters. The van der Waals surface area contributed by atoms with Crippen LogP contribution in [0.5, 0.6) is 0 Å². The summed E-state index contributed by atoms with van der Waals surface area (Å²) in [6.45, 7) is 4.27. The number of piperidine rings is 1. The van der Waals surface area contributed by atoms with E-state index in [0.29, 0.717) is 5.69 Å². The van der Waals surface area contributed by atoms with Crippen molar-refractivity contribution < 1.29 is 4.79 Å². The number of benzene rings is 1. The van der Waals surface area contributed by atoms with Gasteiger partial charge in [-0.1, -0.05) is 0 Å². The van der Waals surface area contributed by atoms with E-state index in [1.165, 1.54) is 29.8 Å². The minimum absolute atomic E-state index is 0.172. The lowest BCUT2D eigenvalue weighted by Crippen LogP contribution is -2.29. The summed E-state index contributed by atoms with van der Waals surface area (Å²) in [4.78, 5) is 21.2. The van der Waals surface area contributed by atoms with Crippen LogP contribution in [0.15, 0.2) is 36.7 Å². The van der Waals surface area contributed by atoms with Crippen LogP contribution in [0.2, 0.25) is 0 Å². The number of hydrogen-bond acceptors (Lipinski definition) is 4. The van der Waals surface area contributed by atoms with Gasteiger partial charge in [-0.25, -0.2) is 4.98 Å². The topological polar surface area (TPSA) is 49.6 Å². The number of imidazole rings is 1. The molecule has 2 aromatic heterocycles. The van der Waals surface area contributed by atoms with E-state index in [-0.39, 0.29) is 5.91 Å². The van der Waals surface area contributed by atoms with Crippen LogP contribution in [0.4, 0.5) is 11.4 Å². The largest absolute Gasteiger partial charge is 0.372 e. The standard InChI is InChI=1S/C18H20N4OS/c1-13-11-22-12-16(20-18(22)24-13)17(23)19-14-5-7-15(8-6-14)21-9-3-2-4-10-21/h5-8,11-12H,2-4,9-10H2,1H3,(H,19,23).